The lowest BCUT2D eigenvalue weighted by Gasteiger charge is -2.17. The summed E-state index contributed by atoms with van der Waals surface area (Å²) in [6.07, 6.45) is 2.17. The van der Waals surface area contributed by atoms with Crippen molar-refractivity contribution in [2.75, 3.05) is 7.11 Å². The molecule has 1 amide bonds. The Morgan fingerprint density at radius 2 is 2.14 bits per heavy atom. The number of nitrogens with zero attached hydrogens (tertiary/aromatic N) is 2. The highest BCUT2D eigenvalue weighted by atomic mass is 35.5. The van der Waals surface area contributed by atoms with E-state index in [1.54, 1.807) is 12.1 Å². The third-order valence-electron chi connectivity index (χ3n) is 3.84. The van der Waals surface area contributed by atoms with E-state index in [4.69, 9.17) is 21.1 Å². The van der Waals surface area contributed by atoms with Gasteiger partial charge >= 0.3 is 0 Å². The molecule has 0 aliphatic heterocycles. The number of carbonyl (C=O) groups is 1. The molecular formula is C19H20ClN3O5. The predicted molar refractivity (Wildman–Crippen MR) is 107 cm³/mol. The van der Waals surface area contributed by atoms with E-state index in [1.807, 2.05) is 13.8 Å². The van der Waals surface area contributed by atoms with Crippen LogP contribution in [0.5, 0.6) is 11.5 Å². The number of hydrogen-bond donors (Lipinski definition) is 1. The van der Waals surface area contributed by atoms with Gasteiger partial charge in [0, 0.05) is 17.7 Å². The molecule has 0 bridgehead atoms. The summed E-state index contributed by atoms with van der Waals surface area (Å²) in [7, 11) is 1.50. The number of hydrogen-bond acceptors (Lipinski definition) is 6. The molecule has 0 aliphatic rings. The molecule has 0 spiro atoms. The molecule has 8 nitrogen and oxygen atoms in total. The molecule has 0 saturated carbocycles. The Hall–Kier alpha value is -3.13. The molecule has 0 radical (unpaired) electrons. The van der Waals surface area contributed by atoms with Gasteiger partial charge in [0.2, 0.25) is 0 Å². The van der Waals surface area contributed by atoms with E-state index < -0.39 is 10.8 Å². The zero-order valence-corrected chi connectivity index (χ0v) is 16.4. The second-order valence-electron chi connectivity index (χ2n) is 5.88. The van der Waals surface area contributed by atoms with Gasteiger partial charge in [-0.05, 0) is 37.1 Å². The van der Waals surface area contributed by atoms with Crippen LogP contribution in [0.1, 0.15) is 36.2 Å². The topological polar surface area (TPSA) is 103 Å². The van der Waals surface area contributed by atoms with E-state index in [2.05, 4.69) is 10.5 Å². The summed E-state index contributed by atoms with van der Waals surface area (Å²) in [5.41, 5.74) is 2.85. The quantitative estimate of drug-likeness (QED) is 0.402. The number of halogens is 1. The normalized spacial score (nSPS) is 11.9. The Morgan fingerprint density at radius 3 is 2.79 bits per heavy atom. The maximum atomic E-state index is 12.1. The van der Waals surface area contributed by atoms with Crippen LogP contribution in [-0.4, -0.2) is 30.3 Å². The Morgan fingerprint density at radius 1 is 1.39 bits per heavy atom. The number of nitro groups is 1. The maximum absolute atomic E-state index is 12.1. The predicted octanol–water partition coefficient (Wildman–Crippen LogP) is 4.20. The summed E-state index contributed by atoms with van der Waals surface area (Å²) in [6.45, 7) is 3.92. The minimum atomic E-state index is -0.574. The second-order valence-corrected chi connectivity index (χ2v) is 6.28. The lowest BCUT2D eigenvalue weighted by molar-refractivity contribution is -0.384. The Balaban J connectivity index is 2.13. The van der Waals surface area contributed by atoms with Crippen molar-refractivity contribution in [1.29, 1.82) is 0 Å². The molecule has 0 heterocycles. The van der Waals surface area contributed by atoms with Crippen LogP contribution in [0.3, 0.4) is 0 Å². The minimum absolute atomic E-state index is 0.0277. The van der Waals surface area contributed by atoms with E-state index in [9.17, 15) is 14.9 Å². The molecule has 148 valence electrons. The Bertz CT molecular complexity index is 901. The molecular weight excluding hydrogens is 386 g/mol. The summed E-state index contributed by atoms with van der Waals surface area (Å²) >= 11 is 6.28. The third kappa shape index (κ3) is 5.43. The summed E-state index contributed by atoms with van der Waals surface area (Å²) in [4.78, 5) is 22.3. The van der Waals surface area contributed by atoms with E-state index in [0.29, 0.717) is 22.1 Å². The molecule has 2 aromatic rings. The largest absolute Gasteiger partial charge is 0.493 e. The molecule has 2 aromatic carbocycles. The van der Waals surface area contributed by atoms with Crippen LogP contribution in [0.4, 0.5) is 5.69 Å². The third-order valence-corrected chi connectivity index (χ3v) is 4.13. The van der Waals surface area contributed by atoms with Crippen LogP contribution in [-0.2, 0) is 0 Å². The monoisotopic (exact) mass is 405 g/mol. The van der Waals surface area contributed by atoms with Crippen molar-refractivity contribution in [2.45, 2.75) is 26.4 Å². The lowest BCUT2D eigenvalue weighted by Crippen LogP contribution is -2.17. The Labute approximate surface area is 167 Å². The number of non-ortho nitro benzene ring substituents is 1. The van der Waals surface area contributed by atoms with Crippen molar-refractivity contribution >= 4 is 29.4 Å². The number of nitrogens with one attached hydrogen (secondary N) is 1. The van der Waals surface area contributed by atoms with Crippen molar-refractivity contribution in [1.82, 2.24) is 5.43 Å². The number of methoxy groups -OCH3 is 1. The Kier molecular flexibility index (Phi) is 7.34. The molecule has 28 heavy (non-hydrogen) atoms. The smallest absolute Gasteiger partial charge is 0.271 e. The molecule has 2 rings (SSSR count). The first-order valence-electron chi connectivity index (χ1n) is 8.47. The van der Waals surface area contributed by atoms with E-state index >= 15 is 0 Å². The second kappa shape index (κ2) is 9.70. The molecule has 0 aliphatic carbocycles. The van der Waals surface area contributed by atoms with Crippen molar-refractivity contribution < 1.29 is 19.2 Å². The van der Waals surface area contributed by atoms with Gasteiger partial charge in [0.25, 0.3) is 11.6 Å². The fraction of sp³-hybridized carbons (Fsp3) is 0.263. The van der Waals surface area contributed by atoms with Crippen molar-refractivity contribution in [3.05, 3.63) is 62.7 Å². The maximum Gasteiger partial charge on any atom is 0.271 e. The van der Waals surface area contributed by atoms with Crippen LogP contribution < -0.4 is 14.9 Å². The molecule has 9 heteroatoms. The zero-order chi connectivity index (χ0) is 20.7. The van der Waals surface area contributed by atoms with E-state index in [-0.39, 0.29) is 17.4 Å². The van der Waals surface area contributed by atoms with Gasteiger partial charge in [0.1, 0.15) is 0 Å². The summed E-state index contributed by atoms with van der Waals surface area (Å²) < 4.78 is 11.1. The highest BCUT2D eigenvalue weighted by Gasteiger charge is 2.14. The highest BCUT2D eigenvalue weighted by molar-refractivity contribution is 6.32. The van der Waals surface area contributed by atoms with Gasteiger partial charge in [0.05, 0.1) is 29.4 Å². The fourth-order valence-corrected chi connectivity index (χ4v) is 2.47. The van der Waals surface area contributed by atoms with Crippen molar-refractivity contribution in [2.24, 2.45) is 5.10 Å². The van der Waals surface area contributed by atoms with E-state index in [0.717, 1.165) is 6.42 Å². The number of ether oxygens (including phenoxy) is 2. The van der Waals surface area contributed by atoms with Crippen LogP contribution in [0.15, 0.2) is 41.5 Å². The van der Waals surface area contributed by atoms with Crippen LogP contribution in [0, 0.1) is 10.1 Å². The molecule has 1 atom stereocenters. The first-order valence-corrected chi connectivity index (χ1v) is 8.85. The highest BCUT2D eigenvalue weighted by Crippen LogP contribution is 2.37. The fourth-order valence-electron chi connectivity index (χ4n) is 2.20. The standard InChI is InChI=1S/C19H20ClN3O5/c1-4-12(2)28-18-16(20)8-13(9-17(18)27-3)11-21-22-19(24)14-6-5-7-15(10-14)23(25)26/h5-12H,4H2,1-3H3,(H,22,24)/b21-11-/t12-/m1/s1. The van der Waals surface area contributed by atoms with E-state index in [1.165, 1.54) is 37.6 Å². The zero-order valence-electron chi connectivity index (χ0n) is 15.6. The number of hydrazone groups is 1. The average molecular weight is 406 g/mol. The van der Waals surface area contributed by atoms with Crippen molar-refractivity contribution in [3.63, 3.8) is 0 Å². The summed E-state index contributed by atoms with van der Waals surface area (Å²) in [6, 6.07) is 8.66. The molecule has 0 saturated heterocycles. The van der Waals surface area contributed by atoms with Gasteiger partial charge in [-0.1, -0.05) is 24.6 Å². The van der Waals surface area contributed by atoms with Gasteiger partial charge in [-0.25, -0.2) is 5.43 Å². The number of benzene rings is 2. The van der Waals surface area contributed by atoms with Crippen molar-refractivity contribution in [3.8, 4) is 11.5 Å². The number of nitro benzene ring substituents is 1. The van der Waals surface area contributed by atoms with Gasteiger partial charge in [-0.3, -0.25) is 14.9 Å². The number of rotatable bonds is 8. The first-order chi connectivity index (χ1) is 13.3. The summed E-state index contributed by atoms with van der Waals surface area (Å²) in [5.74, 6) is 0.310. The average Bonchev–Trinajstić information content (AvgIpc) is 2.69. The van der Waals surface area contributed by atoms with Gasteiger partial charge in [-0.2, -0.15) is 5.10 Å². The van der Waals surface area contributed by atoms with Gasteiger partial charge in [-0.15, -0.1) is 0 Å². The minimum Gasteiger partial charge on any atom is -0.493 e. The van der Waals surface area contributed by atoms with Crippen LogP contribution >= 0.6 is 11.6 Å². The SMILES string of the molecule is CC[C@@H](C)Oc1c(Cl)cc(/C=N\NC(=O)c2cccc([N+](=O)[O-])c2)cc1OC. The number of carbonyl (C=O) groups excluding carboxylic acids is 1. The first kappa shape index (κ1) is 21.2. The van der Waals surface area contributed by atoms with Crippen LogP contribution in [0.25, 0.3) is 0 Å². The molecule has 0 aromatic heterocycles. The molecule has 0 unspecified atom stereocenters. The lowest BCUT2D eigenvalue weighted by atomic mass is 10.2. The number of amides is 1. The summed E-state index contributed by atoms with van der Waals surface area (Å²) in [5, 5.41) is 15.0. The van der Waals surface area contributed by atoms with Crippen LogP contribution in [0.2, 0.25) is 5.02 Å². The van der Waals surface area contributed by atoms with Gasteiger partial charge in [0.15, 0.2) is 11.5 Å². The molecule has 1 N–H and O–H groups in total. The molecule has 0 fully saturated rings. The van der Waals surface area contributed by atoms with Gasteiger partial charge < -0.3 is 9.47 Å².